The molecule has 0 amide bonds. The average Bonchev–Trinajstić information content (AvgIpc) is 2.49. The van der Waals surface area contributed by atoms with Crippen LogP contribution in [0.2, 0.25) is 0 Å². The van der Waals surface area contributed by atoms with E-state index >= 15 is 0 Å². The van der Waals surface area contributed by atoms with E-state index < -0.39 is 56.4 Å². The van der Waals surface area contributed by atoms with Gasteiger partial charge in [-0.25, -0.2) is 9.59 Å². The lowest BCUT2D eigenvalue weighted by atomic mass is 10.4. The van der Waals surface area contributed by atoms with Crippen LogP contribution in [-0.4, -0.2) is 66.2 Å². The van der Waals surface area contributed by atoms with Gasteiger partial charge in [0.15, 0.2) is 13.2 Å². The third kappa shape index (κ3) is 9.80. The van der Waals surface area contributed by atoms with Gasteiger partial charge in [-0.2, -0.15) is 16.8 Å². The highest BCUT2D eigenvalue weighted by Crippen LogP contribution is 2.11. The summed E-state index contributed by atoms with van der Waals surface area (Å²) in [6.45, 7) is 2.92. The predicted molar refractivity (Wildman–Crippen MR) is 82.0 cm³/mol. The first-order chi connectivity index (χ1) is 11.0. The highest BCUT2D eigenvalue weighted by molar-refractivity contribution is 7.88. The fraction of sp³-hybridized carbons (Fsp3) is 0.833. The fourth-order valence-electron chi connectivity index (χ4n) is 1.30. The van der Waals surface area contributed by atoms with E-state index in [9.17, 15) is 26.4 Å². The Kier molecular flexibility index (Phi) is 10.0. The van der Waals surface area contributed by atoms with E-state index in [2.05, 4.69) is 17.8 Å². The number of hydrogen-bond donors (Lipinski definition) is 0. The summed E-state index contributed by atoms with van der Waals surface area (Å²) >= 11 is 0. The lowest BCUT2D eigenvalue weighted by Gasteiger charge is -2.12. The Hall–Kier alpha value is -1.24. The monoisotopic (exact) mass is 390 g/mol. The van der Waals surface area contributed by atoms with Crippen LogP contribution in [0.4, 0.5) is 0 Å². The molecule has 0 N–H and O–H groups in total. The Morgan fingerprint density at radius 1 is 0.875 bits per heavy atom. The van der Waals surface area contributed by atoms with Crippen LogP contribution in [0.25, 0.3) is 0 Å². The van der Waals surface area contributed by atoms with E-state index in [0.29, 0.717) is 0 Å². The summed E-state index contributed by atoms with van der Waals surface area (Å²) in [7, 11) is -8.25. The average molecular weight is 390 g/mol. The normalized spacial score (nSPS) is 13.3. The highest BCUT2D eigenvalue weighted by Gasteiger charge is 2.26. The molecule has 10 nitrogen and oxygen atoms in total. The maximum absolute atomic E-state index is 11.8. The molecule has 0 spiro atoms. The summed E-state index contributed by atoms with van der Waals surface area (Å²) < 4.78 is 64.6. The van der Waals surface area contributed by atoms with Gasteiger partial charge in [0.1, 0.15) is 0 Å². The van der Waals surface area contributed by atoms with Gasteiger partial charge in [0.05, 0.1) is 24.2 Å². The molecule has 0 aromatic carbocycles. The number of carbonyl (C=O) groups excluding carboxylic acids is 2. The van der Waals surface area contributed by atoms with Gasteiger partial charge in [0.25, 0.3) is 20.2 Å². The molecule has 0 aliphatic heterocycles. The van der Waals surface area contributed by atoms with Crippen LogP contribution in [0.3, 0.4) is 0 Å². The number of ether oxygens (including phenoxy) is 2. The molecule has 0 aromatic heterocycles. The van der Waals surface area contributed by atoms with Gasteiger partial charge in [-0.3, -0.25) is 8.37 Å². The quantitative estimate of drug-likeness (QED) is 0.319. The van der Waals surface area contributed by atoms with Gasteiger partial charge in [-0.1, -0.05) is 0 Å². The highest BCUT2D eigenvalue weighted by atomic mass is 32.2. The molecule has 142 valence electrons. The second-order valence-electron chi connectivity index (χ2n) is 4.49. The van der Waals surface area contributed by atoms with Gasteiger partial charge < -0.3 is 9.47 Å². The molecule has 24 heavy (non-hydrogen) atoms. The van der Waals surface area contributed by atoms with Gasteiger partial charge >= 0.3 is 11.9 Å². The van der Waals surface area contributed by atoms with Crippen molar-refractivity contribution in [2.24, 2.45) is 0 Å². The molecule has 0 aromatic rings. The molecule has 0 saturated carbocycles. The Balaban J connectivity index is 4.41. The van der Waals surface area contributed by atoms with Crippen LogP contribution in [0.15, 0.2) is 0 Å². The molecular weight excluding hydrogens is 368 g/mol. The van der Waals surface area contributed by atoms with Gasteiger partial charge in [0.2, 0.25) is 0 Å². The minimum atomic E-state index is -4.15. The summed E-state index contributed by atoms with van der Waals surface area (Å²) in [5.41, 5.74) is 0. The first-order valence-corrected chi connectivity index (χ1v) is 10.2. The van der Waals surface area contributed by atoms with E-state index in [4.69, 9.17) is 0 Å². The standard InChI is InChI=1S/C12H22O10S2/c1-4-19-11(13)8-21-23(15,16)7-6-10(3)24(17,18)22-9-12(14)20-5-2/h10H,4-9H2,1-3H3. The van der Waals surface area contributed by atoms with Crippen molar-refractivity contribution in [3.05, 3.63) is 0 Å². The van der Waals surface area contributed by atoms with Crippen LogP contribution >= 0.6 is 0 Å². The van der Waals surface area contributed by atoms with Gasteiger partial charge in [-0.15, -0.1) is 0 Å². The number of carbonyl (C=O) groups is 2. The molecule has 12 heteroatoms. The Morgan fingerprint density at radius 3 is 1.79 bits per heavy atom. The van der Waals surface area contributed by atoms with E-state index in [-0.39, 0.29) is 19.6 Å². The van der Waals surface area contributed by atoms with Crippen molar-refractivity contribution < 1.29 is 44.3 Å². The van der Waals surface area contributed by atoms with Crippen molar-refractivity contribution in [3.63, 3.8) is 0 Å². The molecule has 0 bridgehead atoms. The lowest BCUT2D eigenvalue weighted by molar-refractivity contribution is -0.146. The second-order valence-corrected chi connectivity index (χ2v) is 8.27. The van der Waals surface area contributed by atoms with E-state index in [1.807, 2.05) is 0 Å². The SMILES string of the molecule is CCOC(=O)COS(=O)(=O)CCC(C)S(=O)(=O)OCC(=O)OCC. The molecule has 1 atom stereocenters. The van der Waals surface area contributed by atoms with Crippen LogP contribution in [0.1, 0.15) is 27.2 Å². The van der Waals surface area contributed by atoms with Crippen molar-refractivity contribution >= 4 is 32.2 Å². The summed E-state index contributed by atoms with van der Waals surface area (Å²) in [5, 5.41) is -1.20. The van der Waals surface area contributed by atoms with Crippen LogP contribution in [0, 0.1) is 0 Å². The van der Waals surface area contributed by atoms with Crippen molar-refractivity contribution in [2.75, 3.05) is 32.2 Å². The summed E-state index contributed by atoms with van der Waals surface area (Å²) in [4.78, 5) is 22.1. The Morgan fingerprint density at radius 2 is 1.33 bits per heavy atom. The van der Waals surface area contributed by atoms with Crippen LogP contribution < -0.4 is 0 Å². The zero-order valence-electron chi connectivity index (χ0n) is 13.7. The summed E-state index contributed by atoms with van der Waals surface area (Å²) in [5.74, 6) is -2.34. The zero-order chi connectivity index (χ0) is 18.8. The lowest BCUT2D eigenvalue weighted by Crippen LogP contribution is -2.27. The van der Waals surface area contributed by atoms with Crippen molar-refractivity contribution in [3.8, 4) is 0 Å². The van der Waals surface area contributed by atoms with Gasteiger partial charge in [0, 0.05) is 0 Å². The van der Waals surface area contributed by atoms with Crippen molar-refractivity contribution in [1.82, 2.24) is 0 Å². The van der Waals surface area contributed by atoms with Crippen LogP contribution in [0.5, 0.6) is 0 Å². The van der Waals surface area contributed by atoms with Gasteiger partial charge in [-0.05, 0) is 27.2 Å². The largest absolute Gasteiger partial charge is 0.464 e. The molecule has 0 aliphatic rings. The van der Waals surface area contributed by atoms with E-state index in [1.54, 1.807) is 13.8 Å². The number of esters is 2. The molecule has 1 unspecified atom stereocenters. The summed E-state index contributed by atoms with van der Waals surface area (Å²) in [6, 6.07) is 0. The molecule has 0 radical (unpaired) electrons. The third-order valence-electron chi connectivity index (χ3n) is 2.58. The first kappa shape index (κ1) is 22.8. The molecule has 0 fully saturated rings. The molecule has 0 saturated heterocycles. The maximum Gasteiger partial charge on any atom is 0.333 e. The number of hydrogen-bond acceptors (Lipinski definition) is 10. The predicted octanol–water partition coefficient (Wildman–Crippen LogP) is -0.416. The first-order valence-electron chi connectivity index (χ1n) is 7.10. The summed E-state index contributed by atoms with van der Waals surface area (Å²) in [6.07, 6.45) is -0.337. The van der Waals surface area contributed by atoms with E-state index in [1.165, 1.54) is 6.92 Å². The minimum Gasteiger partial charge on any atom is -0.464 e. The maximum atomic E-state index is 11.8. The molecule has 0 rings (SSSR count). The zero-order valence-corrected chi connectivity index (χ0v) is 15.4. The minimum absolute atomic E-state index is 0.0772. The molecule has 0 heterocycles. The third-order valence-corrected chi connectivity index (χ3v) is 5.46. The molecular formula is C12H22O10S2. The Bertz CT molecular complexity index is 608. The van der Waals surface area contributed by atoms with Crippen molar-refractivity contribution in [1.29, 1.82) is 0 Å². The fourth-order valence-corrected chi connectivity index (χ4v) is 3.39. The Labute approximate surface area is 141 Å². The van der Waals surface area contributed by atoms with Crippen LogP contribution in [-0.2, 0) is 47.7 Å². The van der Waals surface area contributed by atoms with Crippen molar-refractivity contribution in [2.45, 2.75) is 32.4 Å². The van der Waals surface area contributed by atoms with E-state index in [0.717, 1.165) is 0 Å². The topological polar surface area (TPSA) is 139 Å². The molecule has 0 aliphatic carbocycles. The smallest absolute Gasteiger partial charge is 0.333 e. The second kappa shape index (κ2) is 10.6. The number of rotatable bonds is 12.